The predicted octanol–water partition coefficient (Wildman–Crippen LogP) is 5.99. The summed E-state index contributed by atoms with van der Waals surface area (Å²) in [4.78, 5) is 0. The Labute approximate surface area is 139 Å². The predicted molar refractivity (Wildman–Crippen MR) is 97.2 cm³/mol. The fourth-order valence-corrected chi connectivity index (χ4v) is 3.00. The molecule has 0 bridgehead atoms. The maximum absolute atomic E-state index is 9.97. The van der Waals surface area contributed by atoms with E-state index in [0.717, 1.165) is 51.4 Å². The largest absolute Gasteiger partial charge is 0.393 e. The molecule has 22 heavy (non-hydrogen) atoms. The molecule has 0 aliphatic heterocycles. The lowest BCUT2D eigenvalue weighted by Gasteiger charge is -2.12. The highest BCUT2D eigenvalue weighted by atomic mass is 16.3. The molecule has 0 spiro atoms. The van der Waals surface area contributed by atoms with Crippen LogP contribution in [0, 0.1) is 0 Å². The Kier molecular flexibility index (Phi) is 17.2. The zero-order valence-corrected chi connectivity index (χ0v) is 15.4. The minimum atomic E-state index is -0.121. The number of hydrogen-bond donors (Lipinski definition) is 2. The minimum absolute atomic E-state index is 0.118. The SMILES string of the molecule is CCCCCCCCCCC(O)CCCCC(O)CCCC. The normalized spacial score (nSPS) is 14.2. The van der Waals surface area contributed by atoms with Crippen LogP contribution in [0.4, 0.5) is 0 Å². The molecule has 0 rings (SSSR count). The van der Waals surface area contributed by atoms with Crippen molar-refractivity contribution in [1.29, 1.82) is 0 Å². The highest BCUT2D eigenvalue weighted by molar-refractivity contribution is 4.60. The van der Waals surface area contributed by atoms with Crippen LogP contribution in [0.15, 0.2) is 0 Å². The molecule has 0 aliphatic rings. The molecular formula is C20H42O2. The Hall–Kier alpha value is -0.0800. The van der Waals surface area contributed by atoms with E-state index in [9.17, 15) is 10.2 Å². The van der Waals surface area contributed by atoms with Gasteiger partial charge < -0.3 is 10.2 Å². The van der Waals surface area contributed by atoms with Crippen LogP contribution in [-0.2, 0) is 0 Å². The summed E-state index contributed by atoms with van der Waals surface area (Å²) in [6.45, 7) is 4.42. The summed E-state index contributed by atoms with van der Waals surface area (Å²) in [5, 5.41) is 19.7. The fraction of sp³-hybridized carbons (Fsp3) is 1.00. The molecule has 0 fully saturated rings. The van der Waals surface area contributed by atoms with Crippen molar-refractivity contribution in [2.45, 2.75) is 129 Å². The third-order valence-electron chi connectivity index (χ3n) is 4.61. The van der Waals surface area contributed by atoms with Crippen molar-refractivity contribution in [3.8, 4) is 0 Å². The number of rotatable bonds is 17. The molecule has 0 aliphatic carbocycles. The van der Waals surface area contributed by atoms with Gasteiger partial charge >= 0.3 is 0 Å². The van der Waals surface area contributed by atoms with Crippen molar-refractivity contribution in [3.05, 3.63) is 0 Å². The number of hydrogen-bond acceptors (Lipinski definition) is 2. The standard InChI is InChI=1S/C20H42O2/c1-3-5-7-8-9-10-11-12-16-20(22)18-14-13-17-19(21)15-6-4-2/h19-22H,3-18H2,1-2H3. The van der Waals surface area contributed by atoms with Crippen LogP contribution in [0.1, 0.15) is 117 Å². The van der Waals surface area contributed by atoms with Gasteiger partial charge in [-0.1, -0.05) is 90.9 Å². The van der Waals surface area contributed by atoms with E-state index in [0.29, 0.717) is 0 Å². The molecule has 0 aromatic heterocycles. The van der Waals surface area contributed by atoms with E-state index >= 15 is 0 Å². The summed E-state index contributed by atoms with van der Waals surface area (Å²) < 4.78 is 0. The van der Waals surface area contributed by atoms with Crippen molar-refractivity contribution < 1.29 is 10.2 Å². The molecule has 0 aromatic carbocycles. The molecule has 0 saturated heterocycles. The summed E-state index contributed by atoms with van der Waals surface area (Å²) >= 11 is 0. The Morgan fingerprint density at radius 2 is 0.773 bits per heavy atom. The van der Waals surface area contributed by atoms with Crippen molar-refractivity contribution >= 4 is 0 Å². The van der Waals surface area contributed by atoms with Crippen LogP contribution in [0.25, 0.3) is 0 Å². The average molecular weight is 315 g/mol. The molecule has 2 unspecified atom stereocenters. The summed E-state index contributed by atoms with van der Waals surface area (Å²) in [6.07, 6.45) is 18.5. The van der Waals surface area contributed by atoms with Gasteiger partial charge in [0, 0.05) is 0 Å². The quantitative estimate of drug-likeness (QED) is 0.324. The second-order valence-electron chi connectivity index (χ2n) is 7.00. The highest BCUT2D eigenvalue weighted by Gasteiger charge is 2.06. The van der Waals surface area contributed by atoms with Gasteiger partial charge in [-0.05, 0) is 25.7 Å². The van der Waals surface area contributed by atoms with E-state index < -0.39 is 0 Å². The molecule has 0 radical (unpaired) electrons. The third kappa shape index (κ3) is 16.3. The average Bonchev–Trinajstić information content (AvgIpc) is 2.52. The smallest absolute Gasteiger partial charge is 0.0540 e. The second-order valence-corrected chi connectivity index (χ2v) is 7.00. The van der Waals surface area contributed by atoms with Gasteiger partial charge in [0.25, 0.3) is 0 Å². The van der Waals surface area contributed by atoms with Crippen molar-refractivity contribution in [3.63, 3.8) is 0 Å². The monoisotopic (exact) mass is 314 g/mol. The van der Waals surface area contributed by atoms with Crippen LogP contribution in [0.2, 0.25) is 0 Å². The maximum Gasteiger partial charge on any atom is 0.0540 e. The van der Waals surface area contributed by atoms with Gasteiger partial charge in [-0.3, -0.25) is 0 Å². The molecule has 0 saturated carbocycles. The van der Waals surface area contributed by atoms with Crippen LogP contribution in [0.5, 0.6) is 0 Å². The Bertz CT molecular complexity index is 206. The van der Waals surface area contributed by atoms with Gasteiger partial charge in [0.1, 0.15) is 0 Å². The summed E-state index contributed by atoms with van der Waals surface area (Å²) in [5.74, 6) is 0. The van der Waals surface area contributed by atoms with E-state index in [4.69, 9.17) is 0 Å². The van der Waals surface area contributed by atoms with E-state index in [1.165, 1.54) is 51.4 Å². The molecule has 0 aromatic rings. The first-order chi connectivity index (χ1) is 10.7. The number of aliphatic hydroxyl groups excluding tert-OH is 2. The first-order valence-electron chi connectivity index (χ1n) is 10.1. The summed E-state index contributed by atoms with van der Waals surface area (Å²) in [7, 11) is 0. The van der Waals surface area contributed by atoms with E-state index in [1.54, 1.807) is 0 Å². The van der Waals surface area contributed by atoms with Crippen molar-refractivity contribution in [2.75, 3.05) is 0 Å². The van der Waals surface area contributed by atoms with E-state index in [1.807, 2.05) is 0 Å². The second kappa shape index (κ2) is 17.3. The molecule has 2 heteroatoms. The summed E-state index contributed by atoms with van der Waals surface area (Å²) in [6, 6.07) is 0. The highest BCUT2D eigenvalue weighted by Crippen LogP contribution is 2.15. The zero-order valence-electron chi connectivity index (χ0n) is 15.4. The molecule has 0 amide bonds. The van der Waals surface area contributed by atoms with Gasteiger partial charge in [0.15, 0.2) is 0 Å². The Morgan fingerprint density at radius 3 is 1.23 bits per heavy atom. The lowest BCUT2D eigenvalue weighted by atomic mass is 10.0. The van der Waals surface area contributed by atoms with Gasteiger partial charge in [0.05, 0.1) is 12.2 Å². The van der Waals surface area contributed by atoms with Gasteiger partial charge in [-0.15, -0.1) is 0 Å². The van der Waals surface area contributed by atoms with Crippen LogP contribution < -0.4 is 0 Å². The fourth-order valence-electron chi connectivity index (χ4n) is 3.00. The Morgan fingerprint density at radius 1 is 0.455 bits per heavy atom. The topological polar surface area (TPSA) is 40.5 Å². The lowest BCUT2D eigenvalue weighted by molar-refractivity contribution is 0.132. The zero-order chi connectivity index (χ0) is 16.5. The maximum atomic E-state index is 9.97. The van der Waals surface area contributed by atoms with E-state index in [2.05, 4.69) is 13.8 Å². The lowest BCUT2D eigenvalue weighted by Crippen LogP contribution is -2.08. The molecule has 2 atom stereocenters. The van der Waals surface area contributed by atoms with Crippen LogP contribution in [-0.4, -0.2) is 22.4 Å². The molecule has 0 heterocycles. The van der Waals surface area contributed by atoms with Gasteiger partial charge in [-0.25, -0.2) is 0 Å². The summed E-state index contributed by atoms with van der Waals surface area (Å²) in [5.41, 5.74) is 0. The number of aliphatic hydroxyl groups is 2. The Balaban J connectivity index is 3.24. The van der Waals surface area contributed by atoms with Crippen LogP contribution in [0.3, 0.4) is 0 Å². The molecular weight excluding hydrogens is 272 g/mol. The van der Waals surface area contributed by atoms with Crippen molar-refractivity contribution in [2.24, 2.45) is 0 Å². The first kappa shape index (κ1) is 21.9. The van der Waals surface area contributed by atoms with Crippen molar-refractivity contribution in [1.82, 2.24) is 0 Å². The van der Waals surface area contributed by atoms with Gasteiger partial charge in [0.2, 0.25) is 0 Å². The number of unbranched alkanes of at least 4 members (excludes halogenated alkanes) is 9. The molecule has 134 valence electrons. The van der Waals surface area contributed by atoms with E-state index in [-0.39, 0.29) is 12.2 Å². The van der Waals surface area contributed by atoms with Crippen LogP contribution >= 0.6 is 0 Å². The molecule has 2 N–H and O–H groups in total. The third-order valence-corrected chi connectivity index (χ3v) is 4.61. The first-order valence-corrected chi connectivity index (χ1v) is 10.1. The minimum Gasteiger partial charge on any atom is -0.393 e. The van der Waals surface area contributed by atoms with Gasteiger partial charge in [-0.2, -0.15) is 0 Å². The molecule has 2 nitrogen and oxygen atoms in total.